The Bertz CT molecular complexity index is 156. The van der Waals surface area contributed by atoms with Gasteiger partial charge < -0.3 is 15.0 Å². The Labute approximate surface area is 98.8 Å². The maximum Gasteiger partial charge on any atom is 0.236 e. The summed E-state index contributed by atoms with van der Waals surface area (Å²) in [5.74, 6) is 0.148. The summed E-state index contributed by atoms with van der Waals surface area (Å²) < 4.78 is 4.86. The topological polar surface area (TPSA) is 41.6 Å². The molecule has 1 amide bonds. The van der Waals surface area contributed by atoms with E-state index in [1.807, 2.05) is 7.05 Å². The first-order valence-electron chi connectivity index (χ1n) is 5.16. The first kappa shape index (κ1) is 17.1. The molecule has 0 bridgehead atoms. The fourth-order valence-corrected chi connectivity index (χ4v) is 1.02. The summed E-state index contributed by atoms with van der Waals surface area (Å²) in [6.45, 7) is 4.75. The zero-order valence-corrected chi connectivity index (χ0v) is 10.7. The van der Waals surface area contributed by atoms with E-state index in [1.165, 1.54) is 0 Å². The van der Waals surface area contributed by atoms with Crippen molar-refractivity contribution >= 4 is 18.3 Å². The molecule has 0 aromatic carbocycles. The van der Waals surface area contributed by atoms with Crippen LogP contribution >= 0.6 is 12.4 Å². The normalized spacial score (nSPS) is 9.53. The van der Waals surface area contributed by atoms with Gasteiger partial charge in [0.2, 0.25) is 5.91 Å². The number of hydrogen-bond acceptors (Lipinski definition) is 3. The van der Waals surface area contributed by atoms with Crippen molar-refractivity contribution in [3.63, 3.8) is 0 Å². The highest BCUT2D eigenvalue weighted by Gasteiger charge is 2.06. The number of ether oxygens (including phenoxy) is 1. The maximum atomic E-state index is 11.4. The summed E-state index contributed by atoms with van der Waals surface area (Å²) in [5, 5.41) is 3.03. The molecule has 1 N–H and O–H groups in total. The van der Waals surface area contributed by atoms with Crippen molar-refractivity contribution in [2.24, 2.45) is 0 Å². The van der Waals surface area contributed by atoms with Crippen LogP contribution in [0.1, 0.15) is 19.8 Å². The van der Waals surface area contributed by atoms with Gasteiger partial charge in [-0.3, -0.25) is 4.79 Å². The van der Waals surface area contributed by atoms with Crippen molar-refractivity contribution in [2.45, 2.75) is 19.8 Å². The summed E-state index contributed by atoms with van der Waals surface area (Å²) in [6.07, 6.45) is 2.19. The third kappa shape index (κ3) is 9.97. The highest BCUT2D eigenvalue weighted by Crippen LogP contribution is 1.91. The van der Waals surface area contributed by atoms with Gasteiger partial charge in [0, 0.05) is 27.2 Å². The number of carbonyl (C=O) groups excluding carboxylic acids is 1. The lowest BCUT2D eigenvalue weighted by Crippen LogP contribution is -2.37. The van der Waals surface area contributed by atoms with E-state index >= 15 is 0 Å². The van der Waals surface area contributed by atoms with Gasteiger partial charge in [-0.25, -0.2) is 0 Å². The Morgan fingerprint density at radius 1 is 1.47 bits per heavy atom. The number of amides is 1. The number of nitrogens with zero attached hydrogens (tertiary/aromatic N) is 1. The second kappa shape index (κ2) is 11.8. The van der Waals surface area contributed by atoms with Crippen LogP contribution in [0.15, 0.2) is 0 Å². The quantitative estimate of drug-likeness (QED) is 0.639. The predicted octanol–water partition coefficient (Wildman–Crippen LogP) is 0.903. The SMILES string of the molecule is CCCCN(C)C(=O)CNCCOC.Cl. The first-order chi connectivity index (χ1) is 6.72. The van der Waals surface area contributed by atoms with Gasteiger partial charge in [0.1, 0.15) is 0 Å². The van der Waals surface area contributed by atoms with Crippen molar-refractivity contribution in [3.05, 3.63) is 0 Å². The van der Waals surface area contributed by atoms with Gasteiger partial charge in [0.25, 0.3) is 0 Å². The molecule has 0 heterocycles. The number of halogens is 1. The molecule has 0 aliphatic rings. The number of nitrogens with one attached hydrogen (secondary N) is 1. The molecule has 0 fully saturated rings. The van der Waals surface area contributed by atoms with E-state index in [-0.39, 0.29) is 18.3 Å². The van der Waals surface area contributed by atoms with Crippen molar-refractivity contribution < 1.29 is 9.53 Å². The number of hydrogen-bond donors (Lipinski definition) is 1. The zero-order valence-electron chi connectivity index (χ0n) is 9.91. The molecule has 0 aromatic rings. The largest absolute Gasteiger partial charge is 0.383 e. The number of methoxy groups -OCH3 is 1. The molecule has 0 radical (unpaired) electrons. The molecule has 0 aliphatic heterocycles. The second-order valence-corrected chi connectivity index (χ2v) is 3.34. The zero-order chi connectivity index (χ0) is 10.8. The average Bonchev–Trinajstić information content (AvgIpc) is 2.20. The Hall–Kier alpha value is -0.320. The van der Waals surface area contributed by atoms with Crippen LogP contribution in [-0.4, -0.2) is 51.2 Å². The fraction of sp³-hybridized carbons (Fsp3) is 0.900. The predicted molar refractivity (Wildman–Crippen MR) is 64.5 cm³/mol. The molecule has 92 valence electrons. The summed E-state index contributed by atoms with van der Waals surface area (Å²) in [7, 11) is 3.49. The minimum Gasteiger partial charge on any atom is -0.383 e. The fourth-order valence-electron chi connectivity index (χ4n) is 1.02. The lowest BCUT2D eigenvalue weighted by Gasteiger charge is -2.16. The Balaban J connectivity index is 0. The van der Waals surface area contributed by atoms with E-state index in [2.05, 4.69) is 12.2 Å². The van der Waals surface area contributed by atoms with Crippen LogP contribution in [0.4, 0.5) is 0 Å². The molecule has 0 rings (SSSR count). The third-order valence-corrected chi connectivity index (χ3v) is 2.03. The van der Waals surface area contributed by atoms with Gasteiger partial charge in [-0.05, 0) is 6.42 Å². The second-order valence-electron chi connectivity index (χ2n) is 3.34. The molecular weight excluding hydrogens is 216 g/mol. The summed E-state index contributed by atoms with van der Waals surface area (Å²) in [6, 6.07) is 0. The molecular formula is C10H23ClN2O2. The van der Waals surface area contributed by atoms with Gasteiger partial charge in [-0.15, -0.1) is 12.4 Å². The molecule has 0 atom stereocenters. The van der Waals surface area contributed by atoms with Crippen LogP contribution in [0, 0.1) is 0 Å². The van der Waals surface area contributed by atoms with Crippen LogP contribution in [0.25, 0.3) is 0 Å². The van der Waals surface area contributed by atoms with Crippen molar-refractivity contribution in [1.82, 2.24) is 10.2 Å². The van der Waals surface area contributed by atoms with E-state index < -0.39 is 0 Å². The molecule has 0 unspecified atom stereocenters. The van der Waals surface area contributed by atoms with Gasteiger partial charge in [0.05, 0.1) is 13.2 Å². The maximum absolute atomic E-state index is 11.4. The summed E-state index contributed by atoms with van der Waals surface area (Å²) in [4.78, 5) is 13.2. The average molecular weight is 239 g/mol. The van der Waals surface area contributed by atoms with Crippen LogP contribution in [0.5, 0.6) is 0 Å². The summed E-state index contributed by atoms with van der Waals surface area (Å²) >= 11 is 0. The van der Waals surface area contributed by atoms with E-state index in [0.717, 1.165) is 25.9 Å². The highest BCUT2D eigenvalue weighted by atomic mass is 35.5. The molecule has 15 heavy (non-hydrogen) atoms. The van der Waals surface area contributed by atoms with Crippen LogP contribution in [0.3, 0.4) is 0 Å². The van der Waals surface area contributed by atoms with Crippen molar-refractivity contribution in [2.75, 3.05) is 40.4 Å². The van der Waals surface area contributed by atoms with Gasteiger partial charge in [-0.1, -0.05) is 13.3 Å². The van der Waals surface area contributed by atoms with Crippen LogP contribution in [0.2, 0.25) is 0 Å². The minimum absolute atomic E-state index is 0. The number of carbonyl (C=O) groups is 1. The van der Waals surface area contributed by atoms with Crippen LogP contribution < -0.4 is 5.32 Å². The van der Waals surface area contributed by atoms with E-state index in [0.29, 0.717) is 13.2 Å². The van der Waals surface area contributed by atoms with E-state index in [1.54, 1.807) is 12.0 Å². The first-order valence-corrected chi connectivity index (χ1v) is 5.16. The Kier molecular flexibility index (Phi) is 13.4. The number of rotatable bonds is 8. The molecule has 4 nitrogen and oxygen atoms in total. The minimum atomic E-state index is 0. The smallest absolute Gasteiger partial charge is 0.236 e. The lowest BCUT2D eigenvalue weighted by atomic mass is 10.3. The Morgan fingerprint density at radius 2 is 2.13 bits per heavy atom. The Morgan fingerprint density at radius 3 is 2.67 bits per heavy atom. The monoisotopic (exact) mass is 238 g/mol. The lowest BCUT2D eigenvalue weighted by molar-refractivity contribution is -0.129. The van der Waals surface area contributed by atoms with Gasteiger partial charge in [0.15, 0.2) is 0 Å². The highest BCUT2D eigenvalue weighted by molar-refractivity contribution is 5.85. The summed E-state index contributed by atoms with van der Waals surface area (Å²) in [5.41, 5.74) is 0. The van der Waals surface area contributed by atoms with E-state index in [4.69, 9.17) is 4.74 Å². The van der Waals surface area contributed by atoms with Crippen molar-refractivity contribution in [3.8, 4) is 0 Å². The number of unbranched alkanes of at least 4 members (excludes halogenated alkanes) is 1. The standard InChI is InChI=1S/C10H22N2O2.ClH/c1-4-5-7-12(2)10(13)9-11-6-8-14-3;/h11H,4-9H2,1-3H3;1H. The van der Waals surface area contributed by atoms with Crippen LogP contribution in [-0.2, 0) is 9.53 Å². The van der Waals surface area contributed by atoms with Crippen molar-refractivity contribution in [1.29, 1.82) is 0 Å². The number of likely N-dealkylation sites (N-methyl/N-ethyl adjacent to an activating group) is 1. The third-order valence-electron chi connectivity index (χ3n) is 2.03. The molecule has 0 aromatic heterocycles. The molecule has 0 spiro atoms. The molecule has 5 heteroatoms. The van der Waals surface area contributed by atoms with E-state index in [9.17, 15) is 4.79 Å². The van der Waals surface area contributed by atoms with Gasteiger partial charge >= 0.3 is 0 Å². The molecule has 0 saturated heterocycles. The molecule has 0 saturated carbocycles. The molecule has 0 aliphatic carbocycles. The van der Waals surface area contributed by atoms with Gasteiger partial charge in [-0.2, -0.15) is 0 Å².